The van der Waals surface area contributed by atoms with E-state index in [1.807, 2.05) is 42.6 Å². The van der Waals surface area contributed by atoms with Crippen molar-refractivity contribution < 1.29 is 0 Å². The molecule has 0 aliphatic heterocycles. The largest absolute Gasteiger partial charge is 0.397 e. The number of aromatic nitrogens is 7. The molecule has 0 saturated heterocycles. The number of pyridine rings is 3. The van der Waals surface area contributed by atoms with Crippen molar-refractivity contribution in [3.05, 3.63) is 73.4 Å². The number of nitrogen functional groups attached to an aromatic ring is 1. The van der Waals surface area contributed by atoms with Crippen LogP contribution in [0, 0.1) is 0 Å². The van der Waals surface area contributed by atoms with E-state index < -0.39 is 0 Å². The third-order valence-corrected chi connectivity index (χ3v) is 5.24. The van der Waals surface area contributed by atoms with Crippen molar-refractivity contribution in [2.24, 2.45) is 0 Å². The summed E-state index contributed by atoms with van der Waals surface area (Å²) in [4.78, 5) is 21.0. The minimum absolute atomic E-state index is 0.622. The lowest BCUT2D eigenvalue weighted by molar-refractivity contribution is 1.10. The van der Waals surface area contributed by atoms with Crippen LogP contribution in [0.1, 0.15) is 0 Å². The van der Waals surface area contributed by atoms with Crippen LogP contribution >= 0.6 is 0 Å². The molecular formula is C23H16N8. The first-order valence-corrected chi connectivity index (χ1v) is 9.71. The van der Waals surface area contributed by atoms with Crippen LogP contribution in [0.5, 0.6) is 0 Å². The van der Waals surface area contributed by atoms with E-state index in [2.05, 4.69) is 36.2 Å². The molecule has 8 heteroatoms. The van der Waals surface area contributed by atoms with Gasteiger partial charge in [0.1, 0.15) is 11.2 Å². The molecule has 0 bridgehead atoms. The lowest BCUT2D eigenvalue weighted by Gasteiger charge is -2.03. The Morgan fingerprint density at radius 3 is 2.65 bits per heavy atom. The number of benzene rings is 1. The van der Waals surface area contributed by atoms with Crippen LogP contribution in [0.25, 0.3) is 55.8 Å². The van der Waals surface area contributed by atoms with Crippen molar-refractivity contribution in [3.63, 3.8) is 0 Å². The van der Waals surface area contributed by atoms with Crippen LogP contribution in [0.15, 0.2) is 73.4 Å². The smallest absolute Gasteiger partial charge is 0.160 e. The van der Waals surface area contributed by atoms with Gasteiger partial charge in [0.2, 0.25) is 0 Å². The number of nitrogens with one attached hydrogen (secondary N) is 2. The first kappa shape index (κ1) is 17.3. The normalized spacial score (nSPS) is 11.4. The minimum atomic E-state index is 0.622. The Balaban J connectivity index is 1.51. The highest BCUT2D eigenvalue weighted by molar-refractivity contribution is 5.97. The van der Waals surface area contributed by atoms with Gasteiger partial charge in [-0.15, -0.1) is 0 Å². The van der Waals surface area contributed by atoms with Gasteiger partial charge in [-0.05, 0) is 35.9 Å². The zero-order valence-electron chi connectivity index (χ0n) is 16.2. The molecule has 0 aliphatic rings. The average Bonchev–Trinajstić information content (AvgIpc) is 3.43. The quantitative estimate of drug-likeness (QED) is 0.406. The molecular weight excluding hydrogens is 388 g/mol. The van der Waals surface area contributed by atoms with Crippen molar-refractivity contribution in [3.8, 4) is 33.8 Å². The van der Waals surface area contributed by atoms with Gasteiger partial charge < -0.3 is 10.7 Å². The fourth-order valence-corrected chi connectivity index (χ4v) is 3.77. The summed E-state index contributed by atoms with van der Waals surface area (Å²) < 4.78 is 0. The van der Waals surface area contributed by atoms with Crippen LogP contribution < -0.4 is 5.73 Å². The van der Waals surface area contributed by atoms with Gasteiger partial charge in [0.05, 0.1) is 11.2 Å². The molecule has 6 aromatic rings. The van der Waals surface area contributed by atoms with Gasteiger partial charge in [-0.25, -0.2) is 9.97 Å². The van der Waals surface area contributed by atoms with Crippen molar-refractivity contribution in [2.75, 3.05) is 5.73 Å². The number of H-pyrrole nitrogens is 2. The number of hydrogen-bond acceptors (Lipinski definition) is 6. The monoisotopic (exact) mass is 404 g/mol. The Morgan fingerprint density at radius 1 is 0.839 bits per heavy atom. The average molecular weight is 404 g/mol. The maximum absolute atomic E-state index is 5.91. The number of aromatic amines is 2. The Bertz CT molecular complexity index is 1550. The molecule has 0 aliphatic carbocycles. The predicted molar refractivity (Wildman–Crippen MR) is 120 cm³/mol. The predicted octanol–water partition coefficient (Wildman–Crippen LogP) is 4.21. The van der Waals surface area contributed by atoms with Crippen molar-refractivity contribution in [1.82, 2.24) is 35.1 Å². The number of fused-ring (bicyclic) bond motifs is 2. The third-order valence-electron chi connectivity index (χ3n) is 5.24. The highest BCUT2D eigenvalue weighted by Crippen LogP contribution is 2.32. The molecule has 0 unspecified atom stereocenters. The van der Waals surface area contributed by atoms with Crippen LogP contribution in [0.2, 0.25) is 0 Å². The van der Waals surface area contributed by atoms with Gasteiger partial charge in [-0.3, -0.25) is 15.1 Å². The lowest BCUT2D eigenvalue weighted by atomic mass is 10.0. The van der Waals surface area contributed by atoms with Gasteiger partial charge >= 0.3 is 0 Å². The van der Waals surface area contributed by atoms with E-state index in [-0.39, 0.29) is 0 Å². The molecule has 0 spiro atoms. The third kappa shape index (κ3) is 2.89. The van der Waals surface area contributed by atoms with Crippen molar-refractivity contribution in [2.45, 2.75) is 0 Å². The van der Waals surface area contributed by atoms with Gasteiger partial charge in [-0.2, -0.15) is 5.10 Å². The lowest BCUT2D eigenvalue weighted by Crippen LogP contribution is -1.88. The van der Waals surface area contributed by atoms with E-state index in [0.717, 1.165) is 44.4 Å². The highest BCUT2D eigenvalue weighted by atomic mass is 15.1. The maximum atomic E-state index is 5.91. The van der Waals surface area contributed by atoms with Crippen molar-refractivity contribution >= 4 is 27.8 Å². The molecule has 0 radical (unpaired) electrons. The topological polar surface area (TPSA) is 122 Å². The number of imidazole rings is 1. The molecule has 0 saturated carbocycles. The summed E-state index contributed by atoms with van der Waals surface area (Å²) in [6.45, 7) is 0. The Kier molecular flexibility index (Phi) is 3.76. The second kappa shape index (κ2) is 6.74. The maximum Gasteiger partial charge on any atom is 0.160 e. The first-order chi connectivity index (χ1) is 15.3. The summed E-state index contributed by atoms with van der Waals surface area (Å²) >= 11 is 0. The van der Waals surface area contributed by atoms with E-state index in [1.54, 1.807) is 24.8 Å². The first-order valence-electron chi connectivity index (χ1n) is 9.71. The number of anilines is 1. The molecule has 0 fully saturated rings. The summed E-state index contributed by atoms with van der Waals surface area (Å²) in [6.07, 6.45) is 8.76. The molecule has 5 aromatic heterocycles. The molecule has 4 N–H and O–H groups in total. The summed E-state index contributed by atoms with van der Waals surface area (Å²) in [6, 6.07) is 13.8. The number of rotatable bonds is 3. The zero-order valence-corrected chi connectivity index (χ0v) is 16.2. The fraction of sp³-hybridized carbons (Fsp3) is 0. The van der Waals surface area contributed by atoms with E-state index in [0.29, 0.717) is 17.2 Å². The molecule has 0 amide bonds. The number of hydrogen-bond donors (Lipinski definition) is 3. The SMILES string of the molecule is Nc1cncc(-c2ccc3[nH]nc(-c4nc5c(-c6cccnc6)ccnc5[nH]4)c3c2)c1. The van der Waals surface area contributed by atoms with Crippen molar-refractivity contribution in [1.29, 1.82) is 0 Å². The van der Waals surface area contributed by atoms with E-state index in [1.165, 1.54) is 0 Å². The molecule has 0 atom stereocenters. The van der Waals surface area contributed by atoms with E-state index in [4.69, 9.17) is 10.7 Å². The zero-order chi connectivity index (χ0) is 20.8. The van der Waals surface area contributed by atoms with Gasteiger partial charge in [0, 0.05) is 53.1 Å². The Labute approximate surface area is 176 Å². The molecule has 1 aromatic carbocycles. The van der Waals surface area contributed by atoms with Crippen LogP contribution in [-0.2, 0) is 0 Å². The Hall–Kier alpha value is -4.59. The van der Waals surface area contributed by atoms with E-state index >= 15 is 0 Å². The second-order valence-corrected chi connectivity index (χ2v) is 7.22. The minimum Gasteiger partial charge on any atom is -0.397 e. The van der Waals surface area contributed by atoms with Crippen LogP contribution in [0.4, 0.5) is 5.69 Å². The Morgan fingerprint density at radius 2 is 1.77 bits per heavy atom. The molecule has 31 heavy (non-hydrogen) atoms. The fourth-order valence-electron chi connectivity index (χ4n) is 3.77. The second-order valence-electron chi connectivity index (χ2n) is 7.22. The van der Waals surface area contributed by atoms with E-state index in [9.17, 15) is 0 Å². The molecule has 6 rings (SSSR count). The van der Waals surface area contributed by atoms with Gasteiger partial charge in [0.15, 0.2) is 11.5 Å². The molecule has 5 heterocycles. The van der Waals surface area contributed by atoms with Crippen LogP contribution in [0.3, 0.4) is 0 Å². The molecule has 8 nitrogen and oxygen atoms in total. The summed E-state index contributed by atoms with van der Waals surface area (Å²) in [7, 11) is 0. The summed E-state index contributed by atoms with van der Waals surface area (Å²) in [5, 5.41) is 8.55. The summed E-state index contributed by atoms with van der Waals surface area (Å²) in [5.74, 6) is 0.646. The number of nitrogens with zero attached hydrogens (tertiary/aromatic N) is 5. The molecule has 148 valence electrons. The van der Waals surface area contributed by atoms with Crippen LogP contribution in [-0.4, -0.2) is 35.1 Å². The highest BCUT2D eigenvalue weighted by Gasteiger charge is 2.16. The van der Waals surface area contributed by atoms with Gasteiger partial charge in [-0.1, -0.05) is 12.1 Å². The standard InChI is InChI=1S/C23H16N8/c24-16-8-15(11-26-12-16)13-3-4-19-18(9-13)21(31-30-19)23-28-20-17(5-7-27-22(20)29-23)14-2-1-6-25-10-14/h1-12H,24H2,(H,30,31)(H,27,28,29). The summed E-state index contributed by atoms with van der Waals surface area (Å²) in [5.41, 5.74) is 13.5. The number of nitrogens with two attached hydrogens (primary N) is 1. The van der Waals surface area contributed by atoms with Gasteiger partial charge in [0.25, 0.3) is 0 Å².